The first-order valence-electron chi connectivity index (χ1n) is 9.50. The minimum Gasteiger partial charge on any atom is -0.451 e. The minimum atomic E-state index is -0.401. The molecule has 5 nitrogen and oxygen atoms in total. The number of amides is 1. The molecule has 0 aliphatic carbocycles. The van der Waals surface area contributed by atoms with Crippen LogP contribution >= 0.6 is 0 Å². The Kier molecular flexibility index (Phi) is 7.16. The van der Waals surface area contributed by atoms with Crippen LogP contribution in [-0.4, -0.2) is 25.7 Å². The van der Waals surface area contributed by atoms with Gasteiger partial charge in [-0.05, 0) is 55.3 Å². The Bertz CT molecular complexity index is 967. The largest absolute Gasteiger partial charge is 0.451 e. The lowest BCUT2D eigenvalue weighted by Gasteiger charge is -2.12. The molecule has 0 atom stereocenters. The quantitative estimate of drug-likeness (QED) is 0.504. The maximum absolute atomic E-state index is 13.9. The molecule has 0 bridgehead atoms. The average molecular weight is 397 g/mol. The maximum Gasteiger partial charge on any atom is 0.291 e. The van der Waals surface area contributed by atoms with Gasteiger partial charge in [-0.25, -0.2) is 4.39 Å². The monoisotopic (exact) mass is 397 g/mol. The molecule has 3 rings (SSSR count). The number of furan rings is 1. The summed E-state index contributed by atoms with van der Waals surface area (Å²) in [5.41, 5.74) is 2.88. The summed E-state index contributed by atoms with van der Waals surface area (Å²) in [6, 6.07) is 15.0. The predicted octanol–water partition coefficient (Wildman–Crippen LogP) is 5.20. The smallest absolute Gasteiger partial charge is 0.291 e. The number of nitrogens with one attached hydrogen (secondary N) is 1. The van der Waals surface area contributed by atoms with E-state index in [1.54, 1.807) is 24.3 Å². The van der Waals surface area contributed by atoms with Crippen molar-refractivity contribution in [2.75, 3.05) is 25.1 Å². The number of carbonyl (C=O) groups excluding carboxylic acids is 1. The van der Waals surface area contributed by atoms with Gasteiger partial charge in [0.2, 0.25) is 0 Å². The second kappa shape index (κ2) is 10.0. The van der Waals surface area contributed by atoms with Crippen molar-refractivity contribution in [2.45, 2.75) is 20.5 Å². The summed E-state index contributed by atoms with van der Waals surface area (Å²) in [5, 5.41) is 2.85. The fourth-order valence-electron chi connectivity index (χ4n) is 2.87. The van der Waals surface area contributed by atoms with Gasteiger partial charge in [0, 0.05) is 12.3 Å². The third kappa shape index (κ3) is 5.31. The van der Waals surface area contributed by atoms with E-state index in [1.165, 1.54) is 12.1 Å². The van der Waals surface area contributed by atoms with Gasteiger partial charge in [0.15, 0.2) is 5.76 Å². The van der Waals surface area contributed by atoms with Crippen LogP contribution in [0.5, 0.6) is 0 Å². The molecule has 0 aliphatic heterocycles. The van der Waals surface area contributed by atoms with Gasteiger partial charge >= 0.3 is 0 Å². The third-order valence-electron chi connectivity index (χ3n) is 4.50. The lowest BCUT2D eigenvalue weighted by molar-refractivity contribution is 0.0451. The predicted molar refractivity (Wildman–Crippen MR) is 109 cm³/mol. The van der Waals surface area contributed by atoms with E-state index >= 15 is 0 Å². The van der Waals surface area contributed by atoms with Crippen molar-refractivity contribution in [2.24, 2.45) is 0 Å². The van der Waals surface area contributed by atoms with Crippen LogP contribution in [-0.2, 0) is 16.1 Å². The molecule has 1 heterocycles. The number of benzene rings is 2. The fourth-order valence-corrected chi connectivity index (χ4v) is 2.87. The summed E-state index contributed by atoms with van der Waals surface area (Å²) >= 11 is 0. The average Bonchev–Trinajstić information content (AvgIpc) is 3.21. The molecule has 0 saturated heterocycles. The Hall–Kier alpha value is -2.96. The van der Waals surface area contributed by atoms with Crippen LogP contribution in [0, 0.1) is 12.7 Å². The van der Waals surface area contributed by atoms with Gasteiger partial charge in [0.1, 0.15) is 11.6 Å². The highest BCUT2D eigenvalue weighted by atomic mass is 19.1. The molecule has 1 N–H and O–H groups in total. The van der Waals surface area contributed by atoms with Crippen LogP contribution in [0.2, 0.25) is 0 Å². The molecule has 152 valence electrons. The first-order valence-corrected chi connectivity index (χ1v) is 9.50. The highest BCUT2D eigenvalue weighted by Gasteiger charge is 2.16. The molecule has 0 saturated carbocycles. The van der Waals surface area contributed by atoms with Crippen molar-refractivity contribution in [3.8, 4) is 11.3 Å². The Morgan fingerprint density at radius 2 is 1.83 bits per heavy atom. The molecular weight excluding hydrogens is 373 g/mol. The van der Waals surface area contributed by atoms with Crippen LogP contribution < -0.4 is 5.32 Å². The molecule has 0 aliphatic rings. The Morgan fingerprint density at radius 3 is 2.62 bits per heavy atom. The van der Waals surface area contributed by atoms with E-state index in [-0.39, 0.29) is 5.76 Å². The maximum atomic E-state index is 13.9. The van der Waals surface area contributed by atoms with E-state index in [0.717, 1.165) is 11.1 Å². The third-order valence-corrected chi connectivity index (χ3v) is 4.50. The number of halogens is 1. The van der Waals surface area contributed by atoms with Crippen LogP contribution in [0.3, 0.4) is 0 Å². The molecule has 0 radical (unpaired) electrons. The Balaban J connectivity index is 1.67. The Labute approximate surface area is 169 Å². The molecule has 1 amide bonds. The molecule has 1 aromatic heterocycles. The van der Waals surface area contributed by atoms with E-state index < -0.39 is 11.7 Å². The molecule has 0 unspecified atom stereocenters. The van der Waals surface area contributed by atoms with Crippen molar-refractivity contribution >= 4 is 11.6 Å². The van der Waals surface area contributed by atoms with Crippen LogP contribution in [0.1, 0.15) is 28.6 Å². The molecule has 0 spiro atoms. The second-order valence-corrected chi connectivity index (χ2v) is 6.44. The number of ether oxygens (including phenoxy) is 2. The van der Waals surface area contributed by atoms with Crippen molar-refractivity contribution in [1.29, 1.82) is 0 Å². The molecule has 0 fully saturated rings. The van der Waals surface area contributed by atoms with Crippen molar-refractivity contribution < 1.29 is 23.1 Å². The normalized spacial score (nSPS) is 10.9. The van der Waals surface area contributed by atoms with Crippen LogP contribution in [0.4, 0.5) is 10.1 Å². The number of anilines is 1. The second-order valence-electron chi connectivity index (χ2n) is 6.44. The van der Waals surface area contributed by atoms with Gasteiger partial charge in [-0.3, -0.25) is 4.79 Å². The zero-order chi connectivity index (χ0) is 20.6. The van der Waals surface area contributed by atoms with Crippen molar-refractivity contribution in [3.05, 3.63) is 77.3 Å². The van der Waals surface area contributed by atoms with Gasteiger partial charge in [0.05, 0.1) is 25.4 Å². The summed E-state index contributed by atoms with van der Waals surface area (Å²) in [7, 11) is 0. The number of hydrogen-bond donors (Lipinski definition) is 1. The zero-order valence-electron chi connectivity index (χ0n) is 16.5. The van der Waals surface area contributed by atoms with Gasteiger partial charge in [-0.15, -0.1) is 0 Å². The van der Waals surface area contributed by atoms with Crippen molar-refractivity contribution in [1.82, 2.24) is 0 Å². The SMILES string of the molecule is CCOCCOCc1cccc(NC(=O)c2ccc(-c3ccccc3F)o2)c1C. The summed E-state index contributed by atoms with van der Waals surface area (Å²) < 4.78 is 30.4. The summed E-state index contributed by atoms with van der Waals surface area (Å²) in [5.74, 6) is -0.380. The Morgan fingerprint density at radius 1 is 1.03 bits per heavy atom. The number of hydrogen-bond acceptors (Lipinski definition) is 4. The van der Waals surface area contributed by atoms with Crippen LogP contribution in [0.25, 0.3) is 11.3 Å². The molecular formula is C23H24FNO4. The van der Waals surface area contributed by atoms with E-state index in [2.05, 4.69) is 5.32 Å². The topological polar surface area (TPSA) is 60.7 Å². The first-order chi connectivity index (χ1) is 14.1. The van der Waals surface area contributed by atoms with Gasteiger partial charge < -0.3 is 19.2 Å². The minimum absolute atomic E-state index is 0.112. The van der Waals surface area contributed by atoms with E-state index in [9.17, 15) is 9.18 Å². The zero-order valence-corrected chi connectivity index (χ0v) is 16.5. The highest BCUT2D eigenvalue weighted by molar-refractivity contribution is 6.03. The number of rotatable bonds is 9. The molecule has 29 heavy (non-hydrogen) atoms. The number of carbonyl (C=O) groups is 1. The summed E-state index contributed by atoms with van der Waals surface area (Å²) in [4.78, 5) is 12.6. The van der Waals surface area contributed by atoms with E-state index in [4.69, 9.17) is 13.9 Å². The summed E-state index contributed by atoms with van der Waals surface area (Å²) in [6.45, 7) is 6.01. The highest BCUT2D eigenvalue weighted by Crippen LogP contribution is 2.26. The summed E-state index contributed by atoms with van der Waals surface area (Å²) in [6.07, 6.45) is 0. The van der Waals surface area contributed by atoms with E-state index in [0.29, 0.717) is 43.4 Å². The standard InChI is InChI=1S/C23H24FNO4/c1-3-27-13-14-28-15-17-7-6-10-20(16(17)2)25-23(26)22-12-11-21(29-22)18-8-4-5-9-19(18)24/h4-12H,3,13-15H2,1-2H3,(H,25,26). The molecule has 3 aromatic rings. The van der Waals surface area contributed by atoms with Gasteiger partial charge in [0.25, 0.3) is 5.91 Å². The van der Waals surface area contributed by atoms with Gasteiger partial charge in [-0.2, -0.15) is 0 Å². The van der Waals surface area contributed by atoms with Gasteiger partial charge in [-0.1, -0.05) is 24.3 Å². The lowest BCUT2D eigenvalue weighted by Crippen LogP contribution is -2.13. The molecule has 6 heteroatoms. The van der Waals surface area contributed by atoms with Crippen molar-refractivity contribution in [3.63, 3.8) is 0 Å². The fraction of sp³-hybridized carbons (Fsp3) is 0.261. The lowest BCUT2D eigenvalue weighted by atomic mass is 10.1. The van der Waals surface area contributed by atoms with E-state index in [1.807, 2.05) is 32.0 Å². The first kappa shape index (κ1) is 20.8. The van der Waals surface area contributed by atoms with Crippen LogP contribution in [0.15, 0.2) is 59.0 Å². The molecule has 2 aromatic carbocycles.